The van der Waals surface area contributed by atoms with E-state index in [2.05, 4.69) is 10.6 Å². The second kappa shape index (κ2) is 9.71. The van der Waals surface area contributed by atoms with Crippen molar-refractivity contribution in [3.05, 3.63) is 29.3 Å². The minimum absolute atomic E-state index is 0.0934. The molecule has 9 nitrogen and oxygen atoms in total. The predicted octanol–water partition coefficient (Wildman–Crippen LogP) is -0.267. The van der Waals surface area contributed by atoms with E-state index in [4.69, 9.17) is 0 Å². The van der Waals surface area contributed by atoms with Crippen molar-refractivity contribution in [1.29, 1.82) is 0 Å². The van der Waals surface area contributed by atoms with Crippen molar-refractivity contribution >= 4 is 29.8 Å². The molecule has 0 saturated carbocycles. The largest absolute Gasteiger partial charge is 0.353 e. The quantitative estimate of drug-likeness (QED) is 0.623. The molecule has 162 valence electrons. The van der Waals surface area contributed by atoms with Crippen LogP contribution in [0.2, 0.25) is 0 Å². The SMILES string of the molecule is Cc1ccc(NC(=O)C[C@@H]2C(=O)NCCN2C(=O)CN2CCN(C=O)CC2)c(C)c1. The van der Waals surface area contributed by atoms with Gasteiger partial charge in [0.25, 0.3) is 0 Å². The Labute approximate surface area is 176 Å². The van der Waals surface area contributed by atoms with Crippen molar-refractivity contribution in [2.45, 2.75) is 26.3 Å². The molecule has 0 unspecified atom stereocenters. The fourth-order valence-electron chi connectivity index (χ4n) is 3.86. The summed E-state index contributed by atoms with van der Waals surface area (Å²) in [5.74, 6) is -0.786. The van der Waals surface area contributed by atoms with Gasteiger partial charge in [-0.2, -0.15) is 0 Å². The topological polar surface area (TPSA) is 102 Å². The van der Waals surface area contributed by atoms with Gasteiger partial charge in [0.05, 0.1) is 13.0 Å². The summed E-state index contributed by atoms with van der Waals surface area (Å²) in [5, 5.41) is 5.60. The number of rotatable bonds is 6. The van der Waals surface area contributed by atoms with Gasteiger partial charge in [-0.25, -0.2) is 0 Å². The summed E-state index contributed by atoms with van der Waals surface area (Å²) in [6.45, 7) is 7.21. The van der Waals surface area contributed by atoms with Crippen molar-refractivity contribution in [3.63, 3.8) is 0 Å². The molecule has 2 N–H and O–H groups in total. The van der Waals surface area contributed by atoms with E-state index in [-0.39, 0.29) is 30.7 Å². The number of carbonyl (C=O) groups is 4. The Morgan fingerprint density at radius 3 is 2.57 bits per heavy atom. The van der Waals surface area contributed by atoms with Gasteiger partial charge < -0.3 is 20.4 Å². The lowest BCUT2D eigenvalue weighted by Crippen LogP contribution is -2.60. The van der Waals surface area contributed by atoms with E-state index in [9.17, 15) is 19.2 Å². The lowest BCUT2D eigenvalue weighted by atomic mass is 10.1. The minimum Gasteiger partial charge on any atom is -0.353 e. The second-order valence-corrected chi connectivity index (χ2v) is 7.88. The molecule has 2 aliphatic heterocycles. The number of aryl methyl sites for hydroxylation is 2. The number of carbonyl (C=O) groups excluding carboxylic acids is 4. The molecule has 0 aromatic heterocycles. The van der Waals surface area contributed by atoms with Crippen LogP contribution in [0.25, 0.3) is 0 Å². The molecule has 0 bridgehead atoms. The van der Waals surface area contributed by atoms with Gasteiger partial charge in [0, 0.05) is 45.0 Å². The number of anilines is 1. The summed E-state index contributed by atoms with van der Waals surface area (Å²) >= 11 is 0. The Balaban J connectivity index is 1.61. The third kappa shape index (κ3) is 5.35. The molecule has 3 rings (SSSR count). The van der Waals surface area contributed by atoms with Crippen LogP contribution in [0, 0.1) is 13.8 Å². The molecule has 4 amide bonds. The Morgan fingerprint density at radius 2 is 1.90 bits per heavy atom. The van der Waals surface area contributed by atoms with Crippen molar-refractivity contribution in [2.75, 3.05) is 51.1 Å². The van der Waals surface area contributed by atoms with Crippen LogP contribution in [0.3, 0.4) is 0 Å². The zero-order chi connectivity index (χ0) is 21.7. The summed E-state index contributed by atoms with van der Waals surface area (Å²) < 4.78 is 0. The fraction of sp³-hybridized carbons (Fsp3) is 0.524. The minimum atomic E-state index is -0.826. The standard InChI is InChI=1S/C21H29N5O4/c1-15-3-4-17(16(2)11-15)23-19(28)12-18-21(30)22-5-6-26(18)20(29)13-24-7-9-25(14-27)10-8-24/h3-4,11,14,18H,5-10,12-13H2,1-2H3,(H,22,30)(H,23,28)/t18-/m1/s1. The van der Waals surface area contributed by atoms with Crippen LogP contribution < -0.4 is 10.6 Å². The first-order valence-electron chi connectivity index (χ1n) is 10.2. The lowest BCUT2D eigenvalue weighted by molar-refractivity contribution is -0.145. The molecule has 0 radical (unpaired) electrons. The highest BCUT2D eigenvalue weighted by Gasteiger charge is 2.35. The third-order valence-electron chi connectivity index (χ3n) is 5.60. The van der Waals surface area contributed by atoms with Crippen LogP contribution in [0.4, 0.5) is 5.69 Å². The van der Waals surface area contributed by atoms with Crippen LogP contribution in [0.15, 0.2) is 18.2 Å². The Kier molecular flexibility index (Phi) is 7.04. The zero-order valence-electron chi connectivity index (χ0n) is 17.5. The molecule has 0 spiro atoms. The Bertz CT molecular complexity index is 820. The molecule has 1 aromatic rings. The maximum atomic E-state index is 12.9. The van der Waals surface area contributed by atoms with E-state index in [1.54, 1.807) is 4.90 Å². The Morgan fingerprint density at radius 1 is 1.17 bits per heavy atom. The highest BCUT2D eigenvalue weighted by atomic mass is 16.2. The van der Waals surface area contributed by atoms with E-state index in [1.807, 2.05) is 36.9 Å². The molecule has 1 aromatic carbocycles. The molecular formula is C21H29N5O4. The maximum absolute atomic E-state index is 12.9. The number of amides is 4. The van der Waals surface area contributed by atoms with Crippen LogP contribution in [-0.4, -0.2) is 90.7 Å². The first-order chi connectivity index (χ1) is 14.4. The van der Waals surface area contributed by atoms with Crippen molar-refractivity contribution < 1.29 is 19.2 Å². The van der Waals surface area contributed by atoms with Crippen LogP contribution in [0.1, 0.15) is 17.5 Å². The van der Waals surface area contributed by atoms with Crippen LogP contribution in [-0.2, 0) is 19.2 Å². The molecule has 2 aliphatic rings. The van der Waals surface area contributed by atoms with E-state index in [1.165, 1.54) is 4.90 Å². The summed E-state index contributed by atoms with van der Waals surface area (Å²) in [7, 11) is 0. The number of nitrogens with one attached hydrogen (secondary N) is 2. The van der Waals surface area contributed by atoms with Crippen molar-refractivity contribution in [2.24, 2.45) is 0 Å². The molecule has 2 saturated heterocycles. The van der Waals surface area contributed by atoms with Gasteiger partial charge in [0.2, 0.25) is 24.1 Å². The molecule has 2 heterocycles. The number of hydrogen-bond donors (Lipinski definition) is 2. The lowest BCUT2D eigenvalue weighted by Gasteiger charge is -2.37. The van der Waals surface area contributed by atoms with Crippen LogP contribution >= 0.6 is 0 Å². The first kappa shape index (κ1) is 21.8. The summed E-state index contributed by atoms with van der Waals surface area (Å²) in [4.78, 5) is 53.9. The average molecular weight is 415 g/mol. The van der Waals surface area contributed by atoms with E-state index < -0.39 is 6.04 Å². The van der Waals surface area contributed by atoms with Gasteiger partial charge in [-0.1, -0.05) is 17.7 Å². The monoisotopic (exact) mass is 415 g/mol. The molecular weight excluding hydrogens is 386 g/mol. The van der Waals surface area contributed by atoms with Gasteiger partial charge in [0.1, 0.15) is 6.04 Å². The molecule has 0 aliphatic carbocycles. The number of nitrogens with zero attached hydrogens (tertiary/aromatic N) is 3. The van der Waals surface area contributed by atoms with E-state index in [0.29, 0.717) is 45.0 Å². The smallest absolute Gasteiger partial charge is 0.243 e. The van der Waals surface area contributed by atoms with Gasteiger partial charge in [-0.05, 0) is 25.5 Å². The van der Waals surface area contributed by atoms with Gasteiger partial charge in [0.15, 0.2) is 0 Å². The Hall–Kier alpha value is -2.94. The fourth-order valence-corrected chi connectivity index (χ4v) is 3.86. The molecule has 9 heteroatoms. The van der Waals surface area contributed by atoms with Crippen molar-refractivity contribution in [3.8, 4) is 0 Å². The molecule has 30 heavy (non-hydrogen) atoms. The van der Waals surface area contributed by atoms with Gasteiger partial charge in [-0.3, -0.25) is 24.1 Å². The summed E-state index contributed by atoms with van der Waals surface area (Å²) in [6, 6.07) is 4.90. The molecule has 2 fully saturated rings. The van der Waals surface area contributed by atoms with E-state index >= 15 is 0 Å². The van der Waals surface area contributed by atoms with E-state index in [0.717, 1.165) is 17.5 Å². The molecule has 1 atom stereocenters. The van der Waals surface area contributed by atoms with Crippen LogP contribution in [0.5, 0.6) is 0 Å². The maximum Gasteiger partial charge on any atom is 0.243 e. The highest BCUT2D eigenvalue weighted by Crippen LogP contribution is 2.18. The zero-order valence-corrected chi connectivity index (χ0v) is 17.5. The highest BCUT2D eigenvalue weighted by molar-refractivity contribution is 5.98. The normalized spacial score (nSPS) is 19.9. The third-order valence-corrected chi connectivity index (χ3v) is 5.60. The number of hydrogen-bond acceptors (Lipinski definition) is 5. The number of benzene rings is 1. The number of piperazine rings is 2. The predicted molar refractivity (Wildman–Crippen MR) is 112 cm³/mol. The van der Waals surface area contributed by atoms with Gasteiger partial charge >= 0.3 is 0 Å². The summed E-state index contributed by atoms with van der Waals surface area (Å²) in [6.07, 6.45) is 0.725. The first-order valence-corrected chi connectivity index (χ1v) is 10.2. The van der Waals surface area contributed by atoms with Gasteiger partial charge in [-0.15, -0.1) is 0 Å². The summed E-state index contributed by atoms with van der Waals surface area (Å²) in [5.41, 5.74) is 2.74. The second-order valence-electron chi connectivity index (χ2n) is 7.88. The van der Waals surface area contributed by atoms with Crippen molar-refractivity contribution in [1.82, 2.24) is 20.0 Å². The average Bonchev–Trinajstić information content (AvgIpc) is 2.72.